The van der Waals surface area contributed by atoms with Crippen LogP contribution >= 0.6 is 0 Å². The molecule has 0 spiro atoms. The topological polar surface area (TPSA) is 42.1 Å². The molecular formula is C16H19N3. The lowest BCUT2D eigenvalue weighted by Gasteiger charge is -2.24. The number of anilines is 1. The molecule has 19 heavy (non-hydrogen) atoms. The summed E-state index contributed by atoms with van der Waals surface area (Å²) in [4.78, 5) is 6.93. The summed E-state index contributed by atoms with van der Waals surface area (Å²) in [7, 11) is 0. The van der Waals surface area contributed by atoms with Gasteiger partial charge in [-0.2, -0.15) is 0 Å². The molecule has 1 aromatic heterocycles. The Morgan fingerprint density at radius 1 is 1.16 bits per heavy atom. The maximum Gasteiger partial charge on any atom is 0.0544 e. The Kier molecular flexibility index (Phi) is 3.47. The lowest BCUT2D eigenvalue weighted by Crippen LogP contribution is -2.23. The Morgan fingerprint density at radius 2 is 2.00 bits per heavy atom. The van der Waals surface area contributed by atoms with Crippen molar-refractivity contribution < 1.29 is 0 Å². The van der Waals surface area contributed by atoms with Gasteiger partial charge in [-0.05, 0) is 49.2 Å². The zero-order valence-corrected chi connectivity index (χ0v) is 11.0. The number of nitrogen functional groups attached to an aromatic ring is 1. The first kappa shape index (κ1) is 12.2. The number of hydrogen-bond acceptors (Lipinski definition) is 3. The van der Waals surface area contributed by atoms with Crippen LogP contribution in [0, 0.1) is 0 Å². The van der Waals surface area contributed by atoms with Crippen LogP contribution in [0.5, 0.6) is 0 Å². The van der Waals surface area contributed by atoms with Crippen molar-refractivity contribution in [2.45, 2.75) is 25.4 Å². The second-order valence-corrected chi connectivity index (χ2v) is 5.12. The molecule has 2 aromatic rings. The van der Waals surface area contributed by atoms with Gasteiger partial charge in [0.2, 0.25) is 0 Å². The Morgan fingerprint density at radius 3 is 2.74 bits per heavy atom. The molecule has 1 aromatic carbocycles. The normalized spacial score (nSPS) is 19.7. The van der Waals surface area contributed by atoms with Crippen LogP contribution in [-0.2, 0) is 6.54 Å². The summed E-state index contributed by atoms with van der Waals surface area (Å²) in [5, 5.41) is 0. The van der Waals surface area contributed by atoms with Gasteiger partial charge in [0.1, 0.15) is 0 Å². The van der Waals surface area contributed by atoms with Gasteiger partial charge in [-0.15, -0.1) is 0 Å². The van der Waals surface area contributed by atoms with Gasteiger partial charge in [-0.25, -0.2) is 0 Å². The van der Waals surface area contributed by atoms with Crippen molar-refractivity contribution in [3.05, 3.63) is 59.9 Å². The average Bonchev–Trinajstić information content (AvgIpc) is 2.89. The molecule has 3 heteroatoms. The first-order chi connectivity index (χ1) is 9.33. The highest BCUT2D eigenvalue weighted by atomic mass is 15.2. The molecule has 1 aliphatic heterocycles. The Hall–Kier alpha value is -1.87. The van der Waals surface area contributed by atoms with Gasteiger partial charge >= 0.3 is 0 Å². The van der Waals surface area contributed by atoms with Crippen LogP contribution in [-0.4, -0.2) is 16.4 Å². The second kappa shape index (κ2) is 5.41. The molecule has 3 rings (SSSR count). The molecule has 0 radical (unpaired) electrons. The summed E-state index contributed by atoms with van der Waals surface area (Å²) >= 11 is 0. The minimum Gasteiger partial charge on any atom is -0.399 e. The van der Waals surface area contributed by atoms with E-state index in [0.717, 1.165) is 24.5 Å². The van der Waals surface area contributed by atoms with Crippen molar-refractivity contribution in [3.63, 3.8) is 0 Å². The van der Waals surface area contributed by atoms with Crippen LogP contribution in [0.1, 0.15) is 30.1 Å². The highest BCUT2D eigenvalue weighted by Gasteiger charge is 2.25. The van der Waals surface area contributed by atoms with Gasteiger partial charge in [0.15, 0.2) is 0 Å². The lowest BCUT2D eigenvalue weighted by molar-refractivity contribution is 0.245. The SMILES string of the molecule is Nc1ccc(C2CCCN2Cc2ccccn2)cc1. The third-order valence-corrected chi connectivity index (χ3v) is 3.78. The smallest absolute Gasteiger partial charge is 0.0544 e. The van der Waals surface area contributed by atoms with E-state index >= 15 is 0 Å². The Labute approximate surface area is 114 Å². The van der Waals surface area contributed by atoms with Crippen molar-refractivity contribution >= 4 is 5.69 Å². The van der Waals surface area contributed by atoms with Gasteiger partial charge in [0.25, 0.3) is 0 Å². The summed E-state index contributed by atoms with van der Waals surface area (Å²) in [5.41, 5.74) is 9.10. The predicted octanol–water partition coefficient (Wildman–Crippen LogP) is 3.00. The summed E-state index contributed by atoms with van der Waals surface area (Å²) in [6, 6.07) is 14.9. The van der Waals surface area contributed by atoms with E-state index in [0.29, 0.717) is 6.04 Å². The van der Waals surface area contributed by atoms with E-state index in [1.165, 1.54) is 18.4 Å². The molecule has 1 fully saturated rings. The number of pyridine rings is 1. The average molecular weight is 253 g/mol. The number of rotatable bonds is 3. The largest absolute Gasteiger partial charge is 0.399 e. The highest BCUT2D eigenvalue weighted by Crippen LogP contribution is 2.33. The third-order valence-electron chi connectivity index (χ3n) is 3.78. The van der Waals surface area contributed by atoms with Gasteiger partial charge in [-0.1, -0.05) is 18.2 Å². The quantitative estimate of drug-likeness (QED) is 0.855. The minimum atomic E-state index is 0.502. The first-order valence-electron chi connectivity index (χ1n) is 6.82. The molecule has 0 saturated carbocycles. The van der Waals surface area contributed by atoms with E-state index in [9.17, 15) is 0 Å². The maximum atomic E-state index is 5.76. The van der Waals surface area contributed by atoms with E-state index < -0.39 is 0 Å². The predicted molar refractivity (Wildman–Crippen MR) is 77.5 cm³/mol. The molecule has 0 aliphatic carbocycles. The molecule has 1 saturated heterocycles. The van der Waals surface area contributed by atoms with Crippen molar-refractivity contribution in [1.29, 1.82) is 0 Å². The van der Waals surface area contributed by atoms with Gasteiger partial charge in [0, 0.05) is 24.5 Å². The van der Waals surface area contributed by atoms with E-state index in [-0.39, 0.29) is 0 Å². The van der Waals surface area contributed by atoms with Crippen LogP contribution < -0.4 is 5.73 Å². The number of hydrogen-bond donors (Lipinski definition) is 1. The number of nitrogens with two attached hydrogens (primary N) is 1. The van der Waals surface area contributed by atoms with Gasteiger partial charge in [-0.3, -0.25) is 9.88 Å². The van der Waals surface area contributed by atoms with E-state index in [4.69, 9.17) is 5.73 Å². The fraction of sp³-hybridized carbons (Fsp3) is 0.312. The van der Waals surface area contributed by atoms with E-state index in [1.54, 1.807) is 0 Å². The zero-order chi connectivity index (χ0) is 13.1. The third kappa shape index (κ3) is 2.76. The second-order valence-electron chi connectivity index (χ2n) is 5.12. The number of aromatic nitrogens is 1. The summed E-state index contributed by atoms with van der Waals surface area (Å²) in [5.74, 6) is 0. The molecule has 0 amide bonds. The number of benzene rings is 1. The zero-order valence-electron chi connectivity index (χ0n) is 11.0. The fourth-order valence-corrected chi connectivity index (χ4v) is 2.81. The molecule has 2 heterocycles. The van der Waals surface area contributed by atoms with Crippen molar-refractivity contribution in [2.75, 3.05) is 12.3 Å². The van der Waals surface area contributed by atoms with Gasteiger partial charge in [0.05, 0.1) is 5.69 Å². The van der Waals surface area contributed by atoms with E-state index in [2.05, 4.69) is 34.1 Å². The van der Waals surface area contributed by atoms with Crippen LogP contribution in [0.4, 0.5) is 5.69 Å². The molecular weight excluding hydrogens is 234 g/mol. The molecule has 1 aliphatic rings. The molecule has 0 bridgehead atoms. The van der Waals surface area contributed by atoms with Crippen molar-refractivity contribution in [1.82, 2.24) is 9.88 Å². The maximum absolute atomic E-state index is 5.76. The first-order valence-corrected chi connectivity index (χ1v) is 6.82. The molecule has 98 valence electrons. The molecule has 3 nitrogen and oxygen atoms in total. The fourth-order valence-electron chi connectivity index (χ4n) is 2.81. The van der Waals surface area contributed by atoms with Crippen LogP contribution in [0.25, 0.3) is 0 Å². The molecule has 1 unspecified atom stereocenters. The Balaban J connectivity index is 1.76. The Bertz CT molecular complexity index is 521. The summed E-state index contributed by atoms with van der Waals surface area (Å²) in [6.45, 7) is 2.07. The number of likely N-dealkylation sites (tertiary alicyclic amines) is 1. The van der Waals surface area contributed by atoms with Crippen molar-refractivity contribution in [3.8, 4) is 0 Å². The number of nitrogens with zero attached hydrogens (tertiary/aromatic N) is 2. The standard InChI is InChI=1S/C16H19N3/c17-14-8-6-13(7-9-14)16-5-3-11-19(16)12-15-4-1-2-10-18-15/h1-2,4,6-10,16H,3,5,11-12,17H2. The van der Waals surface area contributed by atoms with E-state index in [1.807, 2.05) is 24.4 Å². The van der Waals surface area contributed by atoms with Crippen LogP contribution in [0.3, 0.4) is 0 Å². The molecule has 1 atom stereocenters. The summed E-state index contributed by atoms with van der Waals surface area (Å²) in [6.07, 6.45) is 4.34. The lowest BCUT2D eigenvalue weighted by atomic mass is 10.0. The monoisotopic (exact) mass is 253 g/mol. The highest BCUT2D eigenvalue weighted by molar-refractivity contribution is 5.40. The summed E-state index contributed by atoms with van der Waals surface area (Å²) < 4.78 is 0. The minimum absolute atomic E-state index is 0.502. The van der Waals surface area contributed by atoms with Crippen LogP contribution in [0.2, 0.25) is 0 Å². The van der Waals surface area contributed by atoms with Crippen molar-refractivity contribution in [2.24, 2.45) is 0 Å². The van der Waals surface area contributed by atoms with Gasteiger partial charge < -0.3 is 5.73 Å². The van der Waals surface area contributed by atoms with Crippen LogP contribution in [0.15, 0.2) is 48.7 Å². The molecule has 2 N–H and O–H groups in total.